The predicted octanol–water partition coefficient (Wildman–Crippen LogP) is 0.755. The van der Waals surface area contributed by atoms with Gasteiger partial charge in [-0.15, -0.1) is 0 Å². The molecule has 1 aromatic carbocycles. The maximum atomic E-state index is 12.8. The Labute approximate surface area is 175 Å². The monoisotopic (exact) mass is 412 g/mol. The van der Waals surface area contributed by atoms with Gasteiger partial charge >= 0.3 is 0 Å². The molecule has 1 aromatic heterocycles. The van der Waals surface area contributed by atoms with Gasteiger partial charge in [-0.05, 0) is 25.0 Å². The number of nitrogens with zero attached hydrogens (tertiary/aromatic N) is 1. The normalized spacial score (nSPS) is 16.1. The Morgan fingerprint density at radius 3 is 2.70 bits per heavy atom. The van der Waals surface area contributed by atoms with Crippen LogP contribution in [0.4, 0.5) is 0 Å². The molecule has 8 heteroatoms. The van der Waals surface area contributed by atoms with Crippen LogP contribution in [-0.4, -0.2) is 55.3 Å². The van der Waals surface area contributed by atoms with Crippen molar-refractivity contribution in [2.75, 3.05) is 32.8 Å². The van der Waals surface area contributed by atoms with Crippen molar-refractivity contribution in [1.82, 2.24) is 20.5 Å². The van der Waals surface area contributed by atoms with Crippen molar-refractivity contribution in [2.45, 2.75) is 26.0 Å². The van der Waals surface area contributed by atoms with Crippen LogP contribution in [0.3, 0.4) is 0 Å². The SMILES string of the molecule is CCNC(=O)c1cc(C(=O)NCC[C@@H]2CNCCO2)cn(Cc2ccccc2)c1=O. The van der Waals surface area contributed by atoms with Gasteiger partial charge in [0.15, 0.2) is 0 Å². The lowest BCUT2D eigenvalue weighted by Gasteiger charge is -2.23. The summed E-state index contributed by atoms with van der Waals surface area (Å²) in [6.07, 6.45) is 2.26. The van der Waals surface area contributed by atoms with Crippen LogP contribution in [0.5, 0.6) is 0 Å². The predicted molar refractivity (Wildman–Crippen MR) is 114 cm³/mol. The van der Waals surface area contributed by atoms with Crippen LogP contribution < -0.4 is 21.5 Å². The summed E-state index contributed by atoms with van der Waals surface area (Å²) in [5.74, 6) is -0.813. The summed E-state index contributed by atoms with van der Waals surface area (Å²) in [4.78, 5) is 37.9. The maximum Gasteiger partial charge on any atom is 0.263 e. The van der Waals surface area contributed by atoms with Gasteiger partial charge < -0.3 is 25.3 Å². The highest BCUT2D eigenvalue weighted by Crippen LogP contribution is 2.07. The molecule has 2 aromatic rings. The zero-order valence-electron chi connectivity index (χ0n) is 17.1. The molecular formula is C22H28N4O4. The lowest BCUT2D eigenvalue weighted by molar-refractivity contribution is 0.0239. The number of nitrogens with one attached hydrogen (secondary N) is 3. The highest BCUT2D eigenvalue weighted by atomic mass is 16.5. The van der Waals surface area contributed by atoms with Crippen LogP contribution in [-0.2, 0) is 11.3 Å². The standard InChI is InChI=1S/C22H28N4O4/c1-2-24-21(28)19-12-17(20(27)25-9-8-18-13-23-10-11-30-18)15-26(22(19)29)14-16-6-4-3-5-7-16/h3-7,12,15,18,23H,2,8-11,13-14H2,1H3,(H,24,28)(H,25,27)/t18-/m1/s1. The molecular weight excluding hydrogens is 384 g/mol. The molecule has 8 nitrogen and oxygen atoms in total. The van der Waals surface area contributed by atoms with Crippen molar-refractivity contribution in [1.29, 1.82) is 0 Å². The summed E-state index contributed by atoms with van der Waals surface area (Å²) < 4.78 is 7.04. The van der Waals surface area contributed by atoms with E-state index in [9.17, 15) is 14.4 Å². The Morgan fingerprint density at radius 2 is 2.00 bits per heavy atom. The third-order valence-corrected chi connectivity index (χ3v) is 4.88. The lowest BCUT2D eigenvalue weighted by Crippen LogP contribution is -2.40. The van der Waals surface area contributed by atoms with Gasteiger partial charge in [0.1, 0.15) is 5.56 Å². The van der Waals surface area contributed by atoms with E-state index in [0.29, 0.717) is 26.1 Å². The van der Waals surface area contributed by atoms with Gasteiger partial charge in [-0.1, -0.05) is 30.3 Å². The van der Waals surface area contributed by atoms with Gasteiger partial charge in [0.2, 0.25) is 0 Å². The minimum Gasteiger partial charge on any atom is -0.376 e. The number of amides is 2. The second-order valence-electron chi connectivity index (χ2n) is 7.16. The van der Waals surface area contributed by atoms with Gasteiger partial charge in [0.25, 0.3) is 17.4 Å². The van der Waals surface area contributed by atoms with E-state index >= 15 is 0 Å². The fourth-order valence-electron chi connectivity index (χ4n) is 3.33. The lowest BCUT2D eigenvalue weighted by atomic mass is 10.1. The Kier molecular flexibility index (Phi) is 7.75. The number of rotatable bonds is 8. The molecule has 2 heterocycles. The smallest absolute Gasteiger partial charge is 0.263 e. The van der Waals surface area contributed by atoms with Gasteiger partial charge in [-0.25, -0.2) is 0 Å². The van der Waals surface area contributed by atoms with Crippen molar-refractivity contribution in [2.24, 2.45) is 0 Å². The molecule has 3 N–H and O–H groups in total. The third kappa shape index (κ3) is 5.77. The summed E-state index contributed by atoms with van der Waals surface area (Å²) in [5.41, 5.74) is 0.707. The first-order valence-electron chi connectivity index (χ1n) is 10.3. The highest BCUT2D eigenvalue weighted by Gasteiger charge is 2.18. The third-order valence-electron chi connectivity index (χ3n) is 4.88. The largest absolute Gasteiger partial charge is 0.376 e. The van der Waals surface area contributed by atoms with E-state index in [1.54, 1.807) is 6.92 Å². The number of benzene rings is 1. The molecule has 1 saturated heterocycles. The van der Waals surface area contributed by atoms with Crippen LogP contribution in [0.1, 0.15) is 39.6 Å². The number of hydrogen-bond donors (Lipinski definition) is 3. The Bertz CT molecular complexity index is 920. The molecule has 1 atom stereocenters. The summed E-state index contributed by atoms with van der Waals surface area (Å²) in [5, 5.41) is 8.75. The molecule has 2 amide bonds. The zero-order chi connectivity index (χ0) is 21.3. The quantitative estimate of drug-likeness (QED) is 0.594. The molecule has 1 aliphatic rings. The molecule has 0 saturated carbocycles. The van der Waals surface area contributed by atoms with Gasteiger partial charge in [0.05, 0.1) is 24.8 Å². The zero-order valence-corrected chi connectivity index (χ0v) is 17.1. The molecule has 0 bridgehead atoms. The Hall–Kier alpha value is -2.97. The molecule has 30 heavy (non-hydrogen) atoms. The van der Waals surface area contributed by atoms with E-state index in [1.165, 1.54) is 16.8 Å². The minimum absolute atomic E-state index is 0.0414. The van der Waals surface area contributed by atoms with E-state index in [1.807, 2.05) is 30.3 Å². The van der Waals surface area contributed by atoms with Gasteiger partial charge in [-0.3, -0.25) is 14.4 Å². The van der Waals surface area contributed by atoms with Gasteiger partial charge in [0, 0.05) is 32.4 Å². The molecule has 1 fully saturated rings. The van der Waals surface area contributed by atoms with E-state index in [2.05, 4.69) is 16.0 Å². The van der Waals surface area contributed by atoms with Crippen LogP contribution in [0.15, 0.2) is 47.4 Å². The van der Waals surface area contributed by atoms with E-state index in [4.69, 9.17) is 4.74 Å². The van der Waals surface area contributed by atoms with Gasteiger partial charge in [-0.2, -0.15) is 0 Å². The molecule has 0 radical (unpaired) electrons. The molecule has 3 rings (SSSR count). The highest BCUT2D eigenvalue weighted by molar-refractivity contribution is 5.99. The van der Waals surface area contributed by atoms with Crippen LogP contribution in [0, 0.1) is 0 Å². The first-order valence-corrected chi connectivity index (χ1v) is 10.3. The molecule has 160 valence electrons. The molecule has 0 spiro atoms. The van der Waals surface area contributed by atoms with Crippen molar-refractivity contribution >= 4 is 11.8 Å². The van der Waals surface area contributed by atoms with E-state index < -0.39 is 11.5 Å². The van der Waals surface area contributed by atoms with E-state index in [0.717, 1.165) is 18.7 Å². The average Bonchev–Trinajstić information content (AvgIpc) is 2.76. The Balaban J connectivity index is 1.78. The van der Waals surface area contributed by atoms with Crippen molar-refractivity contribution in [3.8, 4) is 0 Å². The van der Waals surface area contributed by atoms with E-state index in [-0.39, 0.29) is 29.7 Å². The second-order valence-corrected chi connectivity index (χ2v) is 7.16. The summed E-state index contributed by atoms with van der Waals surface area (Å²) in [6.45, 7) is 5.16. The number of carbonyl (C=O) groups excluding carboxylic acids is 2. The summed E-state index contributed by atoms with van der Waals surface area (Å²) in [7, 11) is 0. The number of ether oxygens (including phenoxy) is 1. The number of hydrogen-bond acceptors (Lipinski definition) is 5. The fourth-order valence-corrected chi connectivity index (χ4v) is 3.33. The van der Waals surface area contributed by atoms with Crippen LogP contribution >= 0.6 is 0 Å². The van der Waals surface area contributed by atoms with Crippen molar-refractivity contribution in [3.05, 3.63) is 69.6 Å². The van der Waals surface area contributed by atoms with Crippen LogP contribution in [0.2, 0.25) is 0 Å². The summed E-state index contributed by atoms with van der Waals surface area (Å²) in [6, 6.07) is 10.8. The maximum absolute atomic E-state index is 12.8. The second kappa shape index (κ2) is 10.7. The topological polar surface area (TPSA) is 101 Å². The van der Waals surface area contributed by atoms with Crippen molar-refractivity contribution < 1.29 is 14.3 Å². The minimum atomic E-state index is -0.486. The molecule has 0 unspecified atom stereocenters. The fraction of sp³-hybridized carbons (Fsp3) is 0.409. The molecule has 1 aliphatic heterocycles. The summed E-state index contributed by atoms with van der Waals surface area (Å²) >= 11 is 0. The number of morpholine rings is 1. The van der Waals surface area contributed by atoms with Crippen LogP contribution in [0.25, 0.3) is 0 Å². The number of aromatic nitrogens is 1. The first kappa shape index (κ1) is 21.7. The van der Waals surface area contributed by atoms with Crippen molar-refractivity contribution in [3.63, 3.8) is 0 Å². The Morgan fingerprint density at radius 1 is 1.20 bits per heavy atom. The molecule has 0 aliphatic carbocycles. The average molecular weight is 412 g/mol. The number of pyridine rings is 1. The number of carbonyl (C=O) groups is 2. The first-order chi connectivity index (χ1) is 14.6.